The minimum absolute atomic E-state index is 0.751. The molecule has 0 aliphatic heterocycles. The molecule has 1 rings (SSSR count). The standard InChI is InChI=1S/C10H14NO/c1-11-8-5-9-12-10-6-3-2-4-7-10/h2-4,6-7H,5,8-9H2,1H3. The summed E-state index contributed by atoms with van der Waals surface area (Å²) in [6.07, 6.45) is 0.991. The topological polar surface area (TPSA) is 23.3 Å². The molecule has 1 aromatic carbocycles. The molecule has 0 atom stereocenters. The molecule has 1 aromatic rings. The molecular formula is C10H14NO. The number of hydrogen-bond donors (Lipinski definition) is 0. The van der Waals surface area contributed by atoms with Crippen LogP contribution in [0.1, 0.15) is 6.42 Å². The van der Waals surface area contributed by atoms with E-state index < -0.39 is 0 Å². The number of nitrogens with zero attached hydrogens (tertiary/aromatic N) is 1. The zero-order chi connectivity index (χ0) is 8.65. The number of para-hydroxylation sites is 1. The third-order valence-corrected chi connectivity index (χ3v) is 1.54. The molecule has 0 fully saturated rings. The number of rotatable bonds is 5. The van der Waals surface area contributed by atoms with Gasteiger partial charge in [0.25, 0.3) is 0 Å². The summed E-state index contributed by atoms with van der Waals surface area (Å²) < 4.78 is 5.45. The van der Waals surface area contributed by atoms with Crippen LogP contribution in [-0.2, 0) is 0 Å². The van der Waals surface area contributed by atoms with Gasteiger partial charge in [0.05, 0.1) is 6.61 Å². The predicted molar refractivity (Wildman–Crippen MR) is 49.5 cm³/mol. The van der Waals surface area contributed by atoms with Crippen molar-refractivity contribution in [3.63, 3.8) is 0 Å². The summed E-state index contributed by atoms with van der Waals surface area (Å²) in [7, 11) is 1.82. The summed E-state index contributed by atoms with van der Waals surface area (Å²) in [6, 6.07) is 9.85. The van der Waals surface area contributed by atoms with E-state index in [1.807, 2.05) is 37.4 Å². The van der Waals surface area contributed by atoms with Crippen LogP contribution >= 0.6 is 0 Å². The van der Waals surface area contributed by atoms with Crippen LogP contribution in [0.4, 0.5) is 0 Å². The summed E-state index contributed by atoms with van der Waals surface area (Å²) in [5.74, 6) is 0.939. The fourth-order valence-corrected chi connectivity index (χ4v) is 0.929. The summed E-state index contributed by atoms with van der Waals surface area (Å²) in [4.78, 5) is 0. The Morgan fingerprint density at radius 2 is 2.00 bits per heavy atom. The van der Waals surface area contributed by atoms with Gasteiger partial charge in [-0.05, 0) is 18.6 Å². The molecule has 0 heterocycles. The lowest BCUT2D eigenvalue weighted by atomic mass is 10.3. The maximum absolute atomic E-state index is 5.45. The van der Waals surface area contributed by atoms with Crippen LogP contribution in [0.15, 0.2) is 30.3 Å². The minimum Gasteiger partial charge on any atom is -0.494 e. The van der Waals surface area contributed by atoms with Gasteiger partial charge in [0, 0.05) is 13.6 Å². The predicted octanol–water partition coefficient (Wildman–Crippen LogP) is 1.69. The second kappa shape index (κ2) is 5.61. The lowest BCUT2D eigenvalue weighted by molar-refractivity contribution is 0.309. The van der Waals surface area contributed by atoms with Crippen LogP contribution in [0.2, 0.25) is 0 Å². The molecule has 0 saturated carbocycles. The number of benzene rings is 1. The van der Waals surface area contributed by atoms with Crippen molar-refractivity contribution in [3.05, 3.63) is 30.3 Å². The van der Waals surface area contributed by atoms with E-state index in [9.17, 15) is 0 Å². The fourth-order valence-electron chi connectivity index (χ4n) is 0.929. The lowest BCUT2D eigenvalue weighted by Crippen LogP contribution is -2.05. The van der Waals surface area contributed by atoms with Crippen molar-refractivity contribution in [3.8, 4) is 5.75 Å². The Morgan fingerprint density at radius 1 is 1.25 bits per heavy atom. The van der Waals surface area contributed by atoms with Gasteiger partial charge in [0.1, 0.15) is 5.75 Å². The highest BCUT2D eigenvalue weighted by molar-refractivity contribution is 5.20. The van der Waals surface area contributed by atoms with Gasteiger partial charge in [-0.25, -0.2) is 5.32 Å². The molecule has 0 aliphatic rings. The molecule has 2 heteroatoms. The van der Waals surface area contributed by atoms with Crippen LogP contribution in [0.5, 0.6) is 5.75 Å². The Morgan fingerprint density at radius 3 is 2.67 bits per heavy atom. The van der Waals surface area contributed by atoms with E-state index in [1.54, 1.807) is 0 Å². The molecule has 0 N–H and O–H groups in total. The van der Waals surface area contributed by atoms with E-state index in [0.717, 1.165) is 25.3 Å². The van der Waals surface area contributed by atoms with E-state index in [2.05, 4.69) is 5.32 Å². The smallest absolute Gasteiger partial charge is 0.119 e. The normalized spacial score (nSPS) is 9.75. The van der Waals surface area contributed by atoms with Gasteiger partial charge >= 0.3 is 0 Å². The van der Waals surface area contributed by atoms with Crippen molar-refractivity contribution < 1.29 is 4.74 Å². The first kappa shape index (κ1) is 9.07. The number of ether oxygens (including phenoxy) is 1. The monoisotopic (exact) mass is 164 g/mol. The zero-order valence-electron chi connectivity index (χ0n) is 7.36. The van der Waals surface area contributed by atoms with Crippen molar-refractivity contribution in [2.24, 2.45) is 0 Å². The van der Waals surface area contributed by atoms with Crippen molar-refractivity contribution in [1.82, 2.24) is 5.32 Å². The van der Waals surface area contributed by atoms with Crippen LogP contribution in [0, 0.1) is 0 Å². The average Bonchev–Trinajstić information content (AvgIpc) is 2.14. The fraction of sp³-hybridized carbons (Fsp3) is 0.400. The van der Waals surface area contributed by atoms with Crippen molar-refractivity contribution >= 4 is 0 Å². The highest BCUT2D eigenvalue weighted by Gasteiger charge is 1.89. The lowest BCUT2D eigenvalue weighted by Gasteiger charge is -2.03. The van der Waals surface area contributed by atoms with Gasteiger partial charge in [-0.3, -0.25) is 0 Å². The second-order valence-corrected chi connectivity index (χ2v) is 2.55. The van der Waals surface area contributed by atoms with Crippen molar-refractivity contribution in [2.45, 2.75) is 6.42 Å². The molecule has 12 heavy (non-hydrogen) atoms. The van der Waals surface area contributed by atoms with E-state index in [0.29, 0.717) is 0 Å². The van der Waals surface area contributed by atoms with Crippen molar-refractivity contribution in [2.75, 3.05) is 20.2 Å². The summed E-state index contributed by atoms with van der Waals surface area (Å²) in [6.45, 7) is 1.63. The van der Waals surface area contributed by atoms with Crippen LogP contribution in [0.25, 0.3) is 0 Å². The highest BCUT2D eigenvalue weighted by atomic mass is 16.5. The molecule has 0 spiro atoms. The van der Waals surface area contributed by atoms with E-state index in [-0.39, 0.29) is 0 Å². The van der Waals surface area contributed by atoms with Gasteiger partial charge in [-0.1, -0.05) is 18.2 Å². The maximum atomic E-state index is 5.45. The molecule has 0 aromatic heterocycles. The van der Waals surface area contributed by atoms with Crippen LogP contribution < -0.4 is 10.1 Å². The van der Waals surface area contributed by atoms with Gasteiger partial charge in [-0.15, -0.1) is 0 Å². The quantitative estimate of drug-likeness (QED) is 0.607. The Balaban J connectivity index is 2.16. The minimum atomic E-state index is 0.751. The largest absolute Gasteiger partial charge is 0.494 e. The Labute approximate surface area is 73.6 Å². The van der Waals surface area contributed by atoms with Gasteiger partial charge in [0.2, 0.25) is 0 Å². The highest BCUT2D eigenvalue weighted by Crippen LogP contribution is 2.07. The SMILES string of the molecule is C[N]CCCOc1ccccc1. The Hall–Kier alpha value is -1.02. The number of hydrogen-bond acceptors (Lipinski definition) is 1. The first-order chi connectivity index (χ1) is 5.93. The summed E-state index contributed by atoms with van der Waals surface area (Å²) in [5.41, 5.74) is 0. The van der Waals surface area contributed by atoms with E-state index in [1.165, 1.54) is 0 Å². The molecule has 0 saturated heterocycles. The average molecular weight is 164 g/mol. The second-order valence-electron chi connectivity index (χ2n) is 2.55. The zero-order valence-corrected chi connectivity index (χ0v) is 7.36. The van der Waals surface area contributed by atoms with Gasteiger partial charge in [0.15, 0.2) is 0 Å². The summed E-state index contributed by atoms with van der Waals surface area (Å²) >= 11 is 0. The first-order valence-electron chi connectivity index (χ1n) is 4.17. The first-order valence-corrected chi connectivity index (χ1v) is 4.17. The third kappa shape index (κ3) is 3.39. The molecule has 65 valence electrons. The van der Waals surface area contributed by atoms with Crippen LogP contribution in [0.3, 0.4) is 0 Å². The molecule has 1 radical (unpaired) electrons. The molecule has 0 bridgehead atoms. The molecule has 0 amide bonds. The third-order valence-electron chi connectivity index (χ3n) is 1.54. The summed E-state index contributed by atoms with van der Waals surface area (Å²) in [5, 5.41) is 3.99. The van der Waals surface area contributed by atoms with Gasteiger partial charge in [-0.2, -0.15) is 0 Å². The molecule has 2 nitrogen and oxygen atoms in total. The molecule has 0 aliphatic carbocycles. The molecule has 0 unspecified atom stereocenters. The van der Waals surface area contributed by atoms with Gasteiger partial charge < -0.3 is 4.74 Å². The maximum Gasteiger partial charge on any atom is 0.119 e. The van der Waals surface area contributed by atoms with Crippen LogP contribution in [-0.4, -0.2) is 20.2 Å². The van der Waals surface area contributed by atoms with Crippen molar-refractivity contribution in [1.29, 1.82) is 0 Å². The van der Waals surface area contributed by atoms with E-state index in [4.69, 9.17) is 4.74 Å². The molecular weight excluding hydrogens is 150 g/mol. The van der Waals surface area contributed by atoms with E-state index >= 15 is 0 Å². The Bertz CT molecular complexity index is 198. The Kier molecular flexibility index (Phi) is 4.24.